The van der Waals surface area contributed by atoms with Crippen molar-refractivity contribution in [3.05, 3.63) is 70.3 Å². The quantitative estimate of drug-likeness (QED) is 0.508. The van der Waals surface area contributed by atoms with Crippen LogP contribution in [-0.2, 0) is 14.3 Å². The number of nitriles is 1. The highest BCUT2D eigenvalue weighted by Gasteiger charge is 2.14. The Morgan fingerprint density at radius 2 is 1.73 bits per heavy atom. The maximum absolute atomic E-state index is 12.0. The van der Waals surface area contributed by atoms with E-state index in [4.69, 9.17) is 10.00 Å². The first kappa shape index (κ1) is 18.9. The van der Waals surface area contributed by atoms with Crippen LogP contribution in [0.1, 0.15) is 22.3 Å². The van der Waals surface area contributed by atoms with Gasteiger partial charge in [0.1, 0.15) is 11.6 Å². The second-order valence-electron chi connectivity index (χ2n) is 6.02. The van der Waals surface area contributed by atoms with E-state index in [1.165, 1.54) is 6.08 Å². The molecule has 0 radical (unpaired) electrons. The van der Waals surface area contributed by atoms with Gasteiger partial charge in [-0.1, -0.05) is 42.0 Å². The van der Waals surface area contributed by atoms with Gasteiger partial charge in [-0.3, -0.25) is 4.79 Å². The van der Waals surface area contributed by atoms with E-state index in [0.717, 1.165) is 16.7 Å². The minimum absolute atomic E-state index is 0.159. The van der Waals surface area contributed by atoms with Crippen LogP contribution in [0.25, 0.3) is 6.08 Å². The lowest BCUT2D eigenvalue weighted by Gasteiger charge is -2.09. The second-order valence-corrected chi connectivity index (χ2v) is 6.02. The Labute approximate surface area is 152 Å². The van der Waals surface area contributed by atoms with E-state index < -0.39 is 18.5 Å². The zero-order chi connectivity index (χ0) is 19.1. The number of nitrogens with one attached hydrogen (secondary N) is 1. The summed E-state index contributed by atoms with van der Waals surface area (Å²) < 4.78 is 4.95. The molecule has 1 N–H and O–H groups in total. The highest BCUT2D eigenvalue weighted by atomic mass is 16.5. The zero-order valence-corrected chi connectivity index (χ0v) is 15.0. The second kappa shape index (κ2) is 8.63. The fraction of sp³-hybridized carbons (Fsp3) is 0.190. The standard InChI is InChI=1S/C21H20N2O3/c1-14-5-8-17(9-6-14)11-18(12-22)21(25)26-13-20(24)23-19-10-15(2)4-7-16(19)3/h4-11H,13H2,1-3H3,(H,23,24)/b18-11+. The molecule has 0 fully saturated rings. The van der Waals surface area contributed by atoms with E-state index in [1.54, 1.807) is 12.1 Å². The number of rotatable bonds is 5. The fourth-order valence-electron chi connectivity index (χ4n) is 2.23. The molecule has 5 heteroatoms. The summed E-state index contributed by atoms with van der Waals surface area (Å²) in [5.74, 6) is -1.29. The maximum atomic E-state index is 12.0. The van der Waals surface area contributed by atoms with Crippen LogP contribution in [0.5, 0.6) is 0 Å². The molecule has 0 saturated heterocycles. The van der Waals surface area contributed by atoms with Crippen molar-refractivity contribution >= 4 is 23.6 Å². The Hall–Kier alpha value is -3.39. The Morgan fingerprint density at radius 3 is 2.38 bits per heavy atom. The van der Waals surface area contributed by atoms with Crippen molar-refractivity contribution in [3.8, 4) is 6.07 Å². The van der Waals surface area contributed by atoms with Crippen LogP contribution in [0, 0.1) is 32.1 Å². The van der Waals surface area contributed by atoms with E-state index in [1.807, 2.05) is 57.2 Å². The van der Waals surface area contributed by atoms with Gasteiger partial charge in [0, 0.05) is 5.69 Å². The number of esters is 1. The zero-order valence-electron chi connectivity index (χ0n) is 15.0. The topological polar surface area (TPSA) is 79.2 Å². The van der Waals surface area contributed by atoms with Crippen LogP contribution in [0.4, 0.5) is 5.69 Å². The molecule has 0 aliphatic heterocycles. The van der Waals surface area contributed by atoms with Crippen LogP contribution >= 0.6 is 0 Å². The third kappa shape index (κ3) is 5.32. The molecule has 26 heavy (non-hydrogen) atoms. The number of ether oxygens (including phenoxy) is 1. The van der Waals surface area contributed by atoms with Crippen LogP contribution in [0.15, 0.2) is 48.0 Å². The average molecular weight is 348 g/mol. The molecule has 0 bridgehead atoms. The van der Waals surface area contributed by atoms with Crippen molar-refractivity contribution in [1.82, 2.24) is 0 Å². The number of benzene rings is 2. The van der Waals surface area contributed by atoms with Crippen LogP contribution in [0.3, 0.4) is 0 Å². The molecule has 0 heterocycles. The van der Waals surface area contributed by atoms with E-state index >= 15 is 0 Å². The van der Waals surface area contributed by atoms with Crippen molar-refractivity contribution in [2.45, 2.75) is 20.8 Å². The number of nitrogens with zero attached hydrogens (tertiary/aromatic N) is 1. The summed E-state index contributed by atoms with van der Waals surface area (Å²) >= 11 is 0. The summed E-state index contributed by atoms with van der Waals surface area (Å²) in [4.78, 5) is 24.0. The van der Waals surface area contributed by atoms with Gasteiger partial charge in [0.05, 0.1) is 0 Å². The van der Waals surface area contributed by atoms with Gasteiger partial charge in [-0.25, -0.2) is 4.79 Å². The molecular formula is C21H20N2O3. The average Bonchev–Trinajstić information content (AvgIpc) is 2.62. The SMILES string of the molecule is Cc1ccc(/C=C(\C#N)C(=O)OCC(=O)Nc2cc(C)ccc2C)cc1. The first-order valence-electron chi connectivity index (χ1n) is 8.11. The molecule has 2 aromatic rings. The third-order valence-corrected chi connectivity index (χ3v) is 3.73. The first-order valence-corrected chi connectivity index (χ1v) is 8.11. The summed E-state index contributed by atoms with van der Waals surface area (Å²) in [6.07, 6.45) is 1.43. The van der Waals surface area contributed by atoms with Gasteiger partial charge in [0.25, 0.3) is 5.91 Å². The predicted octanol–water partition coefficient (Wildman–Crippen LogP) is 3.70. The lowest BCUT2D eigenvalue weighted by atomic mass is 10.1. The molecule has 1 amide bonds. The van der Waals surface area contributed by atoms with Gasteiger partial charge in [-0.15, -0.1) is 0 Å². The molecule has 0 aliphatic rings. The molecule has 5 nitrogen and oxygen atoms in total. The van der Waals surface area contributed by atoms with E-state index in [9.17, 15) is 9.59 Å². The number of hydrogen-bond acceptors (Lipinski definition) is 4. The summed E-state index contributed by atoms with van der Waals surface area (Å²) in [5.41, 5.74) is 4.22. The van der Waals surface area contributed by atoms with E-state index in [0.29, 0.717) is 11.3 Å². The summed E-state index contributed by atoms with van der Waals surface area (Å²) in [5, 5.41) is 11.9. The number of hydrogen-bond donors (Lipinski definition) is 1. The molecule has 0 saturated carbocycles. The van der Waals surface area contributed by atoms with Crippen LogP contribution in [-0.4, -0.2) is 18.5 Å². The van der Waals surface area contributed by atoms with Crippen molar-refractivity contribution in [1.29, 1.82) is 5.26 Å². The summed E-state index contributed by atoms with van der Waals surface area (Å²) in [7, 11) is 0. The van der Waals surface area contributed by atoms with Gasteiger partial charge in [-0.05, 0) is 49.6 Å². The molecule has 2 aromatic carbocycles. The Bertz CT molecular complexity index is 890. The molecule has 0 aromatic heterocycles. The number of amides is 1. The predicted molar refractivity (Wildman–Crippen MR) is 100 cm³/mol. The first-order chi connectivity index (χ1) is 12.4. The minimum atomic E-state index is -0.829. The van der Waals surface area contributed by atoms with Gasteiger partial charge >= 0.3 is 5.97 Å². The highest BCUT2D eigenvalue weighted by molar-refractivity contribution is 6.00. The van der Waals surface area contributed by atoms with Gasteiger partial charge in [0.15, 0.2) is 6.61 Å². The third-order valence-electron chi connectivity index (χ3n) is 3.73. The van der Waals surface area contributed by atoms with E-state index in [-0.39, 0.29) is 5.57 Å². The molecular weight excluding hydrogens is 328 g/mol. The lowest BCUT2D eigenvalue weighted by Crippen LogP contribution is -2.21. The lowest BCUT2D eigenvalue weighted by molar-refractivity contribution is -0.142. The van der Waals surface area contributed by atoms with Crippen LogP contribution < -0.4 is 5.32 Å². The number of carbonyl (C=O) groups is 2. The Balaban J connectivity index is 1.97. The number of aryl methyl sites for hydroxylation is 3. The summed E-state index contributed by atoms with van der Waals surface area (Å²) in [6.45, 7) is 5.28. The normalized spacial score (nSPS) is 10.8. The van der Waals surface area contributed by atoms with Crippen molar-refractivity contribution in [2.24, 2.45) is 0 Å². The van der Waals surface area contributed by atoms with Gasteiger partial charge < -0.3 is 10.1 Å². The molecule has 0 unspecified atom stereocenters. The minimum Gasteiger partial charge on any atom is -0.451 e. The largest absolute Gasteiger partial charge is 0.451 e. The molecule has 2 rings (SSSR count). The molecule has 132 valence electrons. The van der Waals surface area contributed by atoms with Crippen molar-refractivity contribution < 1.29 is 14.3 Å². The summed E-state index contributed by atoms with van der Waals surface area (Å²) in [6, 6.07) is 14.8. The Kier molecular flexibility index (Phi) is 6.29. The molecule has 0 atom stereocenters. The monoisotopic (exact) mass is 348 g/mol. The van der Waals surface area contributed by atoms with Gasteiger partial charge in [-0.2, -0.15) is 5.26 Å². The smallest absolute Gasteiger partial charge is 0.349 e. The fourth-order valence-corrected chi connectivity index (χ4v) is 2.23. The van der Waals surface area contributed by atoms with Crippen LogP contribution in [0.2, 0.25) is 0 Å². The van der Waals surface area contributed by atoms with Crippen molar-refractivity contribution in [2.75, 3.05) is 11.9 Å². The molecule has 0 aliphatic carbocycles. The molecule has 0 spiro atoms. The number of anilines is 1. The van der Waals surface area contributed by atoms with E-state index in [2.05, 4.69) is 5.32 Å². The van der Waals surface area contributed by atoms with Crippen molar-refractivity contribution in [3.63, 3.8) is 0 Å². The highest BCUT2D eigenvalue weighted by Crippen LogP contribution is 2.16. The number of carbonyl (C=O) groups excluding carboxylic acids is 2. The van der Waals surface area contributed by atoms with Gasteiger partial charge in [0.2, 0.25) is 0 Å². The Morgan fingerprint density at radius 1 is 1.08 bits per heavy atom. The maximum Gasteiger partial charge on any atom is 0.349 e.